The number of methoxy groups -OCH3 is 1. The van der Waals surface area contributed by atoms with E-state index in [-0.39, 0.29) is 31.1 Å². The van der Waals surface area contributed by atoms with Gasteiger partial charge in [0, 0.05) is 55.0 Å². The van der Waals surface area contributed by atoms with Crippen LogP contribution in [0.1, 0.15) is 76.4 Å². The number of carbonyl (C=O) groups excluding carboxylic acids is 1. The van der Waals surface area contributed by atoms with Crippen molar-refractivity contribution < 1.29 is 34.8 Å². The molecule has 0 radical (unpaired) electrons. The van der Waals surface area contributed by atoms with Crippen LogP contribution < -0.4 is 26.0 Å². The minimum absolute atomic E-state index is 0.0821. The molecule has 1 unspecified atom stereocenters. The fourth-order valence-electron chi connectivity index (χ4n) is 9.85. The highest BCUT2D eigenvalue weighted by Crippen LogP contribution is 2.54. The van der Waals surface area contributed by atoms with E-state index in [1.165, 1.54) is 0 Å². The zero-order chi connectivity index (χ0) is 45.0. The number of amides is 1. The third-order valence-electron chi connectivity index (χ3n) is 14.2. The van der Waals surface area contributed by atoms with Crippen LogP contribution in [0.3, 0.4) is 0 Å². The summed E-state index contributed by atoms with van der Waals surface area (Å²) in [4.78, 5) is 24.8. The van der Waals surface area contributed by atoms with Crippen molar-refractivity contribution in [2.45, 2.75) is 97.0 Å². The molecule has 13 nitrogen and oxygen atoms in total. The van der Waals surface area contributed by atoms with Crippen molar-refractivity contribution in [3.63, 3.8) is 0 Å². The van der Waals surface area contributed by atoms with Crippen LogP contribution in [0.2, 0.25) is 0 Å². The second kappa shape index (κ2) is 19.8. The van der Waals surface area contributed by atoms with Crippen LogP contribution in [-0.4, -0.2) is 127 Å². The molecule has 8 N–H and O–H groups in total. The number of aliphatic hydroxyl groups is 4. The number of hydrogen-bond donors (Lipinski definition) is 7. The van der Waals surface area contributed by atoms with Crippen molar-refractivity contribution >= 4 is 11.6 Å². The van der Waals surface area contributed by atoms with Crippen LogP contribution in [0.4, 0.5) is 5.69 Å². The first kappa shape index (κ1) is 48.4. The molecule has 5 rings (SSSR count). The maximum atomic E-state index is 14.6. The predicted octanol–water partition coefficient (Wildman–Crippen LogP) is 4.41. The summed E-state index contributed by atoms with van der Waals surface area (Å²) in [5.74, 6) is 1.11. The van der Waals surface area contributed by atoms with E-state index in [1.54, 1.807) is 19.1 Å². The van der Waals surface area contributed by atoms with Gasteiger partial charge in [0.25, 0.3) is 5.91 Å². The Hall–Kier alpha value is -3.63. The Bertz CT molecular complexity index is 1910. The number of anilines is 1. The number of nitrogens with zero attached hydrogens (tertiary/aromatic N) is 3. The van der Waals surface area contributed by atoms with Gasteiger partial charge in [-0.3, -0.25) is 14.9 Å². The van der Waals surface area contributed by atoms with E-state index in [0.717, 1.165) is 17.5 Å². The molecule has 0 aromatic heterocycles. The van der Waals surface area contributed by atoms with E-state index in [9.17, 15) is 25.2 Å². The first-order valence-electron chi connectivity index (χ1n) is 21.8. The Morgan fingerprint density at radius 2 is 1.74 bits per heavy atom. The summed E-state index contributed by atoms with van der Waals surface area (Å²) in [5.41, 5.74) is 9.64. The van der Waals surface area contributed by atoms with Gasteiger partial charge in [-0.25, -0.2) is 0 Å². The van der Waals surface area contributed by atoms with E-state index in [4.69, 9.17) is 15.3 Å². The number of nitrogens with two attached hydrogens (primary N) is 1. The van der Waals surface area contributed by atoms with Crippen LogP contribution in [0.25, 0.3) is 11.1 Å². The lowest BCUT2D eigenvalue weighted by Gasteiger charge is -2.54. The second-order valence-corrected chi connectivity index (χ2v) is 19.1. The van der Waals surface area contributed by atoms with Gasteiger partial charge >= 0.3 is 0 Å². The number of para-hydroxylation sites is 1. The van der Waals surface area contributed by atoms with Crippen LogP contribution in [0.15, 0.2) is 66.7 Å². The molecule has 3 aromatic carbocycles. The van der Waals surface area contributed by atoms with E-state index in [0.29, 0.717) is 65.5 Å². The Balaban J connectivity index is 1.50. The molecule has 1 saturated heterocycles. The summed E-state index contributed by atoms with van der Waals surface area (Å²) in [6.45, 7) is 15.8. The smallest absolute Gasteiger partial charge is 0.251 e. The monoisotopic (exact) mass is 847 g/mol. The standard InChI is InChI=1S/C48H74N6O7/c1-30(39-22-31(2)46(39,4)5)26-50-45(59)42-41(32(3)57)40(28-56)61-54(42)27-33-16-15-19-38(43(33)60-11)34-23-35(25-37(24-34)53(10)20-21-55)44(58)51-47(6,29-52(8)9)48(7,49)36-17-13-12-14-18-36/h12-19,23-25,30-32,39-42,45,50,55-57,59H,20-22,26-29,49H2,1-11H3,(H,51,58)/t30-,31+,32+,39+,40+,41-,42+,45?,47+,48-/m1/s1. The van der Waals surface area contributed by atoms with Gasteiger partial charge in [-0.15, -0.1) is 0 Å². The summed E-state index contributed by atoms with van der Waals surface area (Å²) in [7, 11) is 7.36. The van der Waals surface area contributed by atoms with Crippen molar-refractivity contribution in [2.24, 2.45) is 34.8 Å². The fraction of sp³-hybridized carbons (Fsp3) is 0.604. The molecule has 13 heteroatoms. The number of aliphatic hydroxyl groups excluding tert-OH is 4. The van der Waals surface area contributed by atoms with Crippen LogP contribution in [-0.2, 0) is 16.9 Å². The number of benzene rings is 3. The van der Waals surface area contributed by atoms with Crippen molar-refractivity contribution in [1.29, 1.82) is 0 Å². The molecule has 61 heavy (non-hydrogen) atoms. The van der Waals surface area contributed by atoms with E-state index in [1.807, 2.05) is 112 Å². The molecule has 2 aliphatic rings. The summed E-state index contributed by atoms with van der Waals surface area (Å²) in [6, 6.07) is 20.4. The molecule has 0 spiro atoms. The maximum Gasteiger partial charge on any atom is 0.251 e. The van der Waals surface area contributed by atoms with Gasteiger partial charge in [-0.05, 0) is 93.8 Å². The third-order valence-corrected chi connectivity index (χ3v) is 14.2. The quantitative estimate of drug-likeness (QED) is 0.0800. The molecule has 1 saturated carbocycles. The Morgan fingerprint density at radius 1 is 1.05 bits per heavy atom. The number of likely N-dealkylation sites (N-methyl/N-ethyl adjacent to an activating group) is 2. The first-order valence-corrected chi connectivity index (χ1v) is 21.8. The number of hydrogen-bond acceptors (Lipinski definition) is 12. The zero-order valence-corrected chi connectivity index (χ0v) is 38.4. The normalized spacial score (nSPS) is 24.9. The van der Waals surface area contributed by atoms with Crippen LogP contribution in [0, 0.1) is 29.1 Å². The fourth-order valence-corrected chi connectivity index (χ4v) is 9.85. The predicted molar refractivity (Wildman–Crippen MR) is 242 cm³/mol. The zero-order valence-electron chi connectivity index (χ0n) is 38.4. The number of rotatable bonds is 20. The lowest BCUT2D eigenvalue weighted by Crippen LogP contribution is -2.67. The number of hydroxylamine groups is 2. The third kappa shape index (κ3) is 10.3. The molecular weight excluding hydrogens is 773 g/mol. The topological polar surface area (TPSA) is 176 Å². The Morgan fingerprint density at radius 3 is 2.31 bits per heavy atom. The summed E-state index contributed by atoms with van der Waals surface area (Å²) in [5, 5.41) is 51.5. The van der Waals surface area contributed by atoms with Gasteiger partial charge in [-0.1, -0.05) is 76.2 Å². The average Bonchev–Trinajstić information content (AvgIpc) is 3.60. The second-order valence-electron chi connectivity index (χ2n) is 19.1. The van der Waals surface area contributed by atoms with Crippen molar-refractivity contribution in [3.05, 3.63) is 83.4 Å². The SMILES string of the molecule is COc1c(CN2O[C@@H](CO)[C@@H]([C@H](C)O)[C@H]2C(O)NC[C@@H](C)[C@@H]2C[C@H](C)C2(C)C)cccc1-c1cc(C(=O)N[C@@](C)(CN(C)C)[C@](C)(N)c2ccccc2)cc(N(C)CCO)c1. The number of ether oxygens (including phenoxy) is 1. The molecule has 1 heterocycles. The molecule has 1 aliphatic carbocycles. The summed E-state index contributed by atoms with van der Waals surface area (Å²) >= 11 is 0. The molecule has 10 atom stereocenters. The maximum absolute atomic E-state index is 14.6. The molecule has 2 fully saturated rings. The molecule has 1 amide bonds. The van der Waals surface area contributed by atoms with Crippen molar-refractivity contribution in [2.75, 3.05) is 66.0 Å². The van der Waals surface area contributed by atoms with Gasteiger partial charge in [-0.2, -0.15) is 5.06 Å². The Labute approximate surface area is 364 Å². The summed E-state index contributed by atoms with van der Waals surface area (Å²) < 4.78 is 6.15. The largest absolute Gasteiger partial charge is 0.496 e. The highest BCUT2D eigenvalue weighted by Gasteiger charge is 2.51. The lowest BCUT2D eigenvalue weighted by atomic mass is 9.52. The molecular formula is C48H74N6O7. The van der Waals surface area contributed by atoms with Gasteiger partial charge in [0.15, 0.2) is 0 Å². The first-order chi connectivity index (χ1) is 28.7. The van der Waals surface area contributed by atoms with Gasteiger partial charge in [0.2, 0.25) is 0 Å². The van der Waals surface area contributed by atoms with Crippen molar-refractivity contribution in [3.8, 4) is 16.9 Å². The van der Waals surface area contributed by atoms with Gasteiger partial charge < -0.3 is 46.0 Å². The van der Waals surface area contributed by atoms with E-state index >= 15 is 0 Å². The molecule has 1 aliphatic heterocycles. The average molecular weight is 847 g/mol. The number of nitrogens with one attached hydrogen (secondary N) is 2. The highest BCUT2D eigenvalue weighted by molar-refractivity contribution is 5.97. The van der Waals surface area contributed by atoms with Gasteiger partial charge in [0.05, 0.1) is 50.1 Å². The molecule has 0 bridgehead atoms. The Kier molecular flexibility index (Phi) is 15.7. The van der Waals surface area contributed by atoms with Crippen molar-refractivity contribution in [1.82, 2.24) is 20.6 Å². The molecule has 338 valence electrons. The highest BCUT2D eigenvalue weighted by atomic mass is 16.7. The van der Waals surface area contributed by atoms with E-state index < -0.39 is 41.5 Å². The van der Waals surface area contributed by atoms with Gasteiger partial charge in [0.1, 0.15) is 18.1 Å². The van der Waals surface area contributed by atoms with E-state index in [2.05, 4.69) is 38.3 Å². The number of carbonyl (C=O) groups is 1. The molecule has 3 aromatic rings. The van der Waals surface area contributed by atoms with Crippen LogP contribution >= 0.6 is 0 Å². The van der Waals surface area contributed by atoms with Crippen LogP contribution in [0.5, 0.6) is 5.75 Å². The minimum atomic E-state index is -1.07. The minimum Gasteiger partial charge on any atom is -0.496 e. The summed E-state index contributed by atoms with van der Waals surface area (Å²) in [6.07, 6.45) is -1.54. The lowest BCUT2D eigenvalue weighted by molar-refractivity contribution is -0.191.